The number of benzene rings is 1. The summed E-state index contributed by atoms with van der Waals surface area (Å²) in [6, 6.07) is 5.08. The molecule has 1 aromatic rings. The van der Waals surface area contributed by atoms with E-state index in [9.17, 15) is 48.7 Å². The second-order valence-electron chi connectivity index (χ2n) is 11.5. The number of ketones is 2. The molecule has 14 heteroatoms. The lowest BCUT2D eigenvalue weighted by Crippen LogP contribution is -2.71. The number of hydrogen-bond donors (Lipinski definition) is 7. The summed E-state index contributed by atoms with van der Waals surface area (Å²) in [5.74, 6) is -8.45. The third kappa shape index (κ3) is 9.70. The Kier molecular flexibility index (Phi) is 14.2. The van der Waals surface area contributed by atoms with Crippen molar-refractivity contribution in [1.82, 2.24) is 5.32 Å². The summed E-state index contributed by atoms with van der Waals surface area (Å²) >= 11 is 0. The second kappa shape index (κ2) is 16.6. The number of carbonyl (C=O) groups is 3. The van der Waals surface area contributed by atoms with Gasteiger partial charge in [0.05, 0.1) is 25.8 Å². The lowest BCUT2D eigenvalue weighted by Gasteiger charge is -2.48. The van der Waals surface area contributed by atoms with Crippen LogP contribution in [0.15, 0.2) is 24.3 Å². The molecule has 8 atom stereocenters. The molecule has 1 fully saturated rings. The molecule has 0 saturated carbocycles. The Bertz CT molecular complexity index is 1090. The van der Waals surface area contributed by atoms with Crippen molar-refractivity contribution in [3.63, 3.8) is 0 Å². The summed E-state index contributed by atoms with van der Waals surface area (Å²) in [7, 11) is 1.52. The number of aliphatic hydroxyl groups is 5. The Labute approximate surface area is 255 Å². The van der Waals surface area contributed by atoms with E-state index < -0.39 is 73.1 Å². The zero-order valence-electron chi connectivity index (χ0n) is 25.3. The Balaban J connectivity index is 1.88. The molecule has 0 radical (unpaired) electrons. The van der Waals surface area contributed by atoms with Crippen molar-refractivity contribution in [1.29, 1.82) is 0 Å². The van der Waals surface area contributed by atoms with Crippen molar-refractivity contribution in [3.05, 3.63) is 29.8 Å². The Morgan fingerprint density at radius 1 is 1.09 bits per heavy atom. The number of amides is 1. The van der Waals surface area contributed by atoms with Crippen molar-refractivity contribution >= 4 is 17.5 Å². The van der Waals surface area contributed by atoms with E-state index in [0.29, 0.717) is 18.6 Å². The van der Waals surface area contributed by atoms with Gasteiger partial charge in [-0.25, -0.2) is 8.78 Å². The number of halogens is 2. The minimum Gasteiger partial charge on any atom is -0.497 e. The molecular formula is C30H46F2N2O10. The van der Waals surface area contributed by atoms with E-state index >= 15 is 0 Å². The van der Waals surface area contributed by atoms with E-state index in [0.717, 1.165) is 5.56 Å². The van der Waals surface area contributed by atoms with E-state index in [1.807, 2.05) is 0 Å². The molecule has 8 N–H and O–H groups in total. The molecule has 0 spiro atoms. The highest BCUT2D eigenvalue weighted by molar-refractivity contribution is 5.93. The van der Waals surface area contributed by atoms with Crippen LogP contribution in [-0.4, -0.2) is 105 Å². The van der Waals surface area contributed by atoms with Crippen LogP contribution in [0.4, 0.5) is 8.78 Å². The SMILES string of the molecule is COc1ccc(C[C@H](NC(=O)[C@@H](N)CCCCCCC(F)(F)C2(O)O[C@H](CO)[C@H](O)[C@H](O)[C@H]2O)C(=O)C[C@@H](C)C(C)=O)cc1. The first-order chi connectivity index (χ1) is 20.6. The standard InChI is InChI=1S/C30H46F2N2O10/c1-17(18(2)36)14-23(37)22(15-19-9-11-20(43-3)12-10-19)34-28(41)21(33)8-6-4-5-7-13-29(31,32)30(42)27(40)26(39)25(38)24(16-35)44-30/h9-12,17,21-22,24-27,35,38-40,42H,4-8,13-16,33H2,1-3H3,(H,34,41)/t17-,21+,22+,24-,25+,26+,27-,30?/m1/s1. The van der Waals surface area contributed by atoms with E-state index in [-0.39, 0.29) is 43.7 Å². The van der Waals surface area contributed by atoms with Crippen molar-refractivity contribution in [2.24, 2.45) is 11.7 Å². The minimum absolute atomic E-state index is 0.0479. The number of ether oxygens (including phenoxy) is 2. The fraction of sp³-hybridized carbons (Fsp3) is 0.700. The lowest BCUT2D eigenvalue weighted by molar-refractivity contribution is -0.412. The molecule has 1 aliphatic heterocycles. The smallest absolute Gasteiger partial charge is 0.303 e. The molecule has 1 heterocycles. The van der Waals surface area contributed by atoms with E-state index in [1.54, 1.807) is 31.2 Å². The molecule has 1 unspecified atom stereocenters. The highest BCUT2D eigenvalue weighted by Gasteiger charge is 2.65. The zero-order chi connectivity index (χ0) is 33.2. The van der Waals surface area contributed by atoms with Gasteiger partial charge in [-0.3, -0.25) is 14.4 Å². The maximum atomic E-state index is 14.9. The van der Waals surface area contributed by atoms with Gasteiger partial charge < -0.3 is 46.1 Å². The fourth-order valence-corrected chi connectivity index (χ4v) is 4.94. The number of rotatable bonds is 18. The number of nitrogens with one attached hydrogen (secondary N) is 1. The predicted molar refractivity (Wildman–Crippen MR) is 154 cm³/mol. The van der Waals surface area contributed by atoms with E-state index in [4.69, 9.17) is 15.2 Å². The van der Waals surface area contributed by atoms with Gasteiger partial charge >= 0.3 is 5.92 Å². The summed E-state index contributed by atoms with van der Waals surface area (Å²) in [4.78, 5) is 37.6. The molecule has 1 aliphatic rings. The summed E-state index contributed by atoms with van der Waals surface area (Å²) in [5, 5.41) is 51.9. The molecule has 1 saturated heterocycles. The third-order valence-corrected chi connectivity index (χ3v) is 8.09. The molecule has 2 rings (SSSR count). The third-order valence-electron chi connectivity index (χ3n) is 8.09. The van der Waals surface area contributed by atoms with Crippen LogP contribution in [0.3, 0.4) is 0 Å². The molecule has 12 nitrogen and oxygen atoms in total. The number of alkyl halides is 2. The van der Waals surface area contributed by atoms with E-state index in [2.05, 4.69) is 5.32 Å². The van der Waals surface area contributed by atoms with Crippen LogP contribution in [0.25, 0.3) is 0 Å². The van der Waals surface area contributed by atoms with Crippen LogP contribution in [-0.2, 0) is 25.5 Å². The predicted octanol–water partition coefficient (Wildman–Crippen LogP) is 0.372. The highest BCUT2D eigenvalue weighted by atomic mass is 19.3. The second-order valence-corrected chi connectivity index (χ2v) is 11.5. The van der Waals surface area contributed by atoms with Gasteiger partial charge in [-0.2, -0.15) is 0 Å². The van der Waals surface area contributed by atoms with Crippen LogP contribution in [0.5, 0.6) is 5.75 Å². The van der Waals surface area contributed by atoms with Crippen LogP contribution in [0, 0.1) is 5.92 Å². The van der Waals surface area contributed by atoms with Gasteiger partial charge in [-0.15, -0.1) is 0 Å². The van der Waals surface area contributed by atoms with Gasteiger partial charge in [0.2, 0.25) is 5.91 Å². The van der Waals surface area contributed by atoms with Crippen molar-refractivity contribution in [2.75, 3.05) is 13.7 Å². The molecule has 0 bridgehead atoms. The molecule has 0 aromatic heterocycles. The van der Waals surface area contributed by atoms with E-state index in [1.165, 1.54) is 14.0 Å². The maximum absolute atomic E-state index is 14.9. The first-order valence-electron chi connectivity index (χ1n) is 14.7. The summed E-state index contributed by atoms with van der Waals surface area (Å²) < 4.78 is 39.6. The van der Waals surface area contributed by atoms with Crippen LogP contribution >= 0.6 is 0 Å². The minimum atomic E-state index is -4.03. The fourth-order valence-electron chi connectivity index (χ4n) is 4.94. The number of unbranched alkanes of at least 4 members (excludes halogenated alkanes) is 3. The maximum Gasteiger partial charge on any atom is 0.303 e. The van der Waals surface area contributed by atoms with Crippen molar-refractivity contribution < 1.29 is 58.2 Å². The van der Waals surface area contributed by atoms with Crippen LogP contribution in [0.1, 0.15) is 64.4 Å². The molecule has 1 amide bonds. The number of nitrogens with two attached hydrogens (primary N) is 1. The average Bonchev–Trinajstić information content (AvgIpc) is 2.99. The highest BCUT2D eigenvalue weighted by Crippen LogP contribution is 2.42. The van der Waals surface area contributed by atoms with Gasteiger partial charge in [-0.05, 0) is 43.9 Å². The molecule has 44 heavy (non-hydrogen) atoms. The Hall–Kier alpha value is -2.59. The largest absolute Gasteiger partial charge is 0.497 e. The zero-order valence-corrected chi connectivity index (χ0v) is 25.3. The van der Waals surface area contributed by atoms with Gasteiger partial charge in [0.1, 0.15) is 35.9 Å². The number of carbonyl (C=O) groups excluding carboxylic acids is 3. The first-order valence-corrected chi connectivity index (χ1v) is 14.7. The molecule has 250 valence electrons. The molecular weight excluding hydrogens is 586 g/mol. The van der Waals surface area contributed by atoms with Crippen molar-refractivity contribution in [2.45, 2.75) is 113 Å². The average molecular weight is 633 g/mol. The van der Waals surface area contributed by atoms with Gasteiger partial charge in [0.15, 0.2) is 5.78 Å². The van der Waals surface area contributed by atoms with Gasteiger partial charge in [0.25, 0.3) is 5.79 Å². The number of hydrogen-bond acceptors (Lipinski definition) is 11. The van der Waals surface area contributed by atoms with Gasteiger partial charge in [-0.1, -0.05) is 38.3 Å². The lowest BCUT2D eigenvalue weighted by atomic mass is 9.87. The van der Waals surface area contributed by atoms with Crippen LogP contribution in [0.2, 0.25) is 0 Å². The molecule has 1 aromatic carbocycles. The topological polar surface area (TPSA) is 209 Å². The van der Waals surface area contributed by atoms with Gasteiger partial charge in [0, 0.05) is 18.8 Å². The summed E-state index contributed by atoms with van der Waals surface area (Å²) in [6.07, 6.45) is -7.96. The Morgan fingerprint density at radius 2 is 1.70 bits per heavy atom. The summed E-state index contributed by atoms with van der Waals surface area (Å²) in [5.41, 5.74) is 6.82. The monoisotopic (exact) mass is 632 g/mol. The normalized spacial score (nSPS) is 26.0. The first kappa shape index (κ1) is 37.6. The molecule has 0 aliphatic carbocycles. The quantitative estimate of drug-likeness (QED) is 0.110. The number of methoxy groups -OCH3 is 1. The Morgan fingerprint density at radius 3 is 2.27 bits per heavy atom. The van der Waals surface area contributed by atoms with Crippen LogP contribution < -0.4 is 15.8 Å². The van der Waals surface area contributed by atoms with Crippen molar-refractivity contribution in [3.8, 4) is 5.75 Å². The number of Topliss-reactive ketones (excluding diaryl/α,β-unsaturated/α-hetero) is 2. The summed E-state index contributed by atoms with van der Waals surface area (Å²) in [6.45, 7) is 2.06. The number of aliphatic hydroxyl groups excluding tert-OH is 4.